The number of aryl methyl sites for hydroxylation is 1. The summed E-state index contributed by atoms with van der Waals surface area (Å²) < 4.78 is 0. The lowest BCUT2D eigenvalue weighted by molar-refractivity contribution is 0.508. The first-order chi connectivity index (χ1) is 9.33. The van der Waals surface area contributed by atoms with E-state index in [1.807, 2.05) is 0 Å². The average Bonchev–Trinajstić information content (AvgIpc) is 2.34. The third-order valence-corrected chi connectivity index (χ3v) is 2.99. The Hall–Kier alpha value is -0.980. The predicted molar refractivity (Wildman–Crippen MR) is 104 cm³/mol. The summed E-state index contributed by atoms with van der Waals surface area (Å²) in [7, 11) is 0. The Labute approximate surface area is 146 Å². The van der Waals surface area contributed by atoms with Crippen LogP contribution < -0.4 is 16.0 Å². The molecule has 0 aliphatic heterocycles. The van der Waals surface area contributed by atoms with Crippen LogP contribution in [0.5, 0.6) is 0 Å². The summed E-state index contributed by atoms with van der Waals surface area (Å²) in [5.41, 5.74) is 8.39. The van der Waals surface area contributed by atoms with Gasteiger partial charge in [-0.25, -0.2) is 0 Å². The van der Waals surface area contributed by atoms with Gasteiger partial charge in [-0.3, -0.25) is 4.99 Å². The van der Waals surface area contributed by atoms with Crippen molar-refractivity contribution in [2.45, 2.75) is 40.2 Å². The molecule has 1 rings (SSSR count). The van der Waals surface area contributed by atoms with Crippen molar-refractivity contribution in [3.63, 3.8) is 0 Å². The Morgan fingerprint density at radius 1 is 1.29 bits per heavy atom. The van der Waals surface area contributed by atoms with Gasteiger partial charge < -0.3 is 16.0 Å². The van der Waals surface area contributed by atoms with Crippen molar-refractivity contribution in [3.8, 4) is 0 Å². The molecule has 0 aliphatic rings. The van der Waals surface area contributed by atoms with Crippen LogP contribution in [0.4, 0.5) is 5.69 Å². The van der Waals surface area contributed by atoms with E-state index in [-0.39, 0.29) is 29.5 Å². The molecular formula is C16H29IN4. The van der Waals surface area contributed by atoms with Gasteiger partial charge in [0.2, 0.25) is 0 Å². The van der Waals surface area contributed by atoms with Crippen LogP contribution in [0.2, 0.25) is 0 Å². The molecule has 0 atom stereocenters. The van der Waals surface area contributed by atoms with Gasteiger partial charge in [-0.15, -0.1) is 24.0 Å². The van der Waals surface area contributed by atoms with Gasteiger partial charge in [0.1, 0.15) is 0 Å². The first kappa shape index (κ1) is 20.0. The number of rotatable bonds is 5. The molecule has 0 spiro atoms. The van der Waals surface area contributed by atoms with Crippen LogP contribution in [0.3, 0.4) is 0 Å². The Morgan fingerprint density at radius 3 is 2.43 bits per heavy atom. The minimum atomic E-state index is -0.0476. The molecule has 3 N–H and O–H groups in total. The van der Waals surface area contributed by atoms with Crippen molar-refractivity contribution < 1.29 is 0 Å². The topological polar surface area (TPSA) is 53.6 Å². The number of benzene rings is 1. The number of nitrogens with one attached hydrogen (secondary N) is 1. The van der Waals surface area contributed by atoms with E-state index in [4.69, 9.17) is 5.73 Å². The summed E-state index contributed by atoms with van der Waals surface area (Å²) in [6.45, 7) is 13.0. The third kappa shape index (κ3) is 7.55. The quantitative estimate of drug-likeness (QED) is 0.451. The molecule has 0 fully saturated rings. The number of aliphatic imine (C=N–C) groups is 1. The third-order valence-electron chi connectivity index (χ3n) is 2.99. The first-order valence-electron chi connectivity index (χ1n) is 7.22. The second kappa shape index (κ2) is 9.12. The maximum absolute atomic E-state index is 5.88. The molecule has 0 bridgehead atoms. The molecule has 1 aromatic carbocycles. The fourth-order valence-corrected chi connectivity index (χ4v) is 2.08. The number of hydrogen-bond acceptors (Lipinski definition) is 2. The van der Waals surface area contributed by atoms with Gasteiger partial charge >= 0.3 is 0 Å². The molecule has 0 aliphatic carbocycles. The average molecular weight is 404 g/mol. The predicted octanol–water partition coefficient (Wildman–Crippen LogP) is 3.14. The molecule has 0 heterocycles. The second-order valence-electron chi connectivity index (χ2n) is 6.01. The van der Waals surface area contributed by atoms with Gasteiger partial charge in [0.25, 0.3) is 0 Å². The van der Waals surface area contributed by atoms with Crippen molar-refractivity contribution in [1.82, 2.24) is 5.32 Å². The molecule has 1 aromatic rings. The van der Waals surface area contributed by atoms with Crippen molar-refractivity contribution in [3.05, 3.63) is 29.8 Å². The number of guanidine groups is 1. The second-order valence-corrected chi connectivity index (χ2v) is 6.01. The van der Waals surface area contributed by atoms with Gasteiger partial charge in [0.05, 0.1) is 6.54 Å². The smallest absolute Gasteiger partial charge is 0.189 e. The minimum absolute atomic E-state index is 0. The van der Waals surface area contributed by atoms with Gasteiger partial charge in [-0.2, -0.15) is 0 Å². The standard InChI is InChI=1S/C16H28N4.HI/c1-6-20(14-10-8-7-9-13(14)2)12-11-18-15(17)19-16(3,4)5;/h7-10H,6,11-12H2,1-5H3,(H3,17,18,19);1H. The number of anilines is 1. The minimum Gasteiger partial charge on any atom is -0.370 e. The molecule has 0 saturated heterocycles. The van der Waals surface area contributed by atoms with Crippen LogP contribution in [0.25, 0.3) is 0 Å². The van der Waals surface area contributed by atoms with Crippen LogP contribution in [0.1, 0.15) is 33.3 Å². The number of hydrogen-bond donors (Lipinski definition) is 2. The van der Waals surface area contributed by atoms with Crippen LogP contribution in [-0.2, 0) is 0 Å². The van der Waals surface area contributed by atoms with E-state index >= 15 is 0 Å². The lowest BCUT2D eigenvalue weighted by Gasteiger charge is -2.25. The maximum Gasteiger partial charge on any atom is 0.189 e. The van der Waals surface area contributed by atoms with Crippen LogP contribution in [-0.4, -0.2) is 31.1 Å². The van der Waals surface area contributed by atoms with Crippen LogP contribution in [0, 0.1) is 6.92 Å². The zero-order valence-electron chi connectivity index (χ0n) is 13.8. The van der Waals surface area contributed by atoms with Gasteiger partial charge in [0, 0.05) is 24.3 Å². The van der Waals surface area contributed by atoms with E-state index in [2.05, 4.69) is 74.1 Å². The summed E-state index contributed by atoms with van der Waals surface area (Å²) in [5.74, 6) is 0.512. The molecule has 0 amide bonds. The fourth-order valence-electron chi connectivity index (χ4n) is 2.08. The lowest BCUT2D eigenvalue weighted by atomic mass is 10.1. The van der Waals surface area contributed by atoms with E-state index in [9.17, 15) is 0 Å². The zero-order valence-corrected chi connectivity index (χ0v) is 16.1. The van der Waals surface area contributed by atoms with E-state index in [0.717, 1.165) is 13.1 Å². The Morgan fingerprint density at radius 2 is 1.90 bits per heavy atom. The Balaban J connectivity index is 0.00000400. The van der Waals surface area contributed by atoms with E-state index < -0.39 is 0 Å². The molecule has 0 saturated carbocycles. The van der Waals surface area contributed by atoms with Crippen molar-refractivity contribution in [2.75, 3.05) is 24.5 Å². The largest absolute Gasteiger partial charge is 0.370 e. The van der Waals surface area contributed by atoms with Crippen molar-refractivity contribution in [2.24, 2.45) is 10.7 Å². The van der Waals surface area contributed by atoms with Crippen LogP contribution in [0.15, 0.2) is 29.3 Å². The Kier molecular flexibility index (Phi) is 8.70. The summed E-state index contributed by atoms with van der Waals surface area (Å²) in [4.78, 5) is 6.72. The first-order valence-corrected chi connectivity index (χ1v) is 7.22. The highest BCUT2D eigenvalue weighted by Crippen LogP contribution is 2.18. The van der Waals surface area contributed by atoms with Crippen molar-refractivity contribution in [1.29, 1.82) is 0 Å². The SMILES string of the molecule is CCN(CCN=C(N)NC(C)(C)C)c1ccccc1C.I. The Bertz CT molecular complexity index is 452. The number of nitrogens with two attached hydrogens (primary N) is 1. The molecule has 0 radical (unpaired) electrons. The van der Waals surface area contributed by atoms with Gasteiger partial charge in [-0.05, 0) is 46.2 Å². The highest BCUT2D eigenvalue weighted by atomic mass is 127. The summed E-state index contributed by atoms with van der Waals surface area (Å²) in [5, 5.41) is 3.17. The number of nitrogens with zero attached hydrogens (tertiary/aromatic N) is 2. The lowest BCUT2D eigenvalue weighted by Crippen LogP contribution is -2.45. The molecule has 0 aromatic heterocycles. The van der Waals surface area contributed by atoms with Gasteiger partial charge in [0.15, 0.2) is 5.96 Å². The molecule has 21 heavy (non-hydrogen) atoms. The zero-order chi connectivity index (χ0) is 15.2. The normalized spacial score (nSPS) is 11.8. The fraction of sp³-hybridized carbons (Fsp3) is 0.562. The van der Waals surface area contributed by atoms with E-state index in [1.165, 1.54) is 11.3 Å². The number of halogens is 1. The van der Waals surface area contributed by atoms with Crippen LogP contribution >= 0.6 is 24.0 Å². The monoisotopic (exact) mass is 404 g/mol. The van der Waals surface area contributed by atoms with E-state index in [1.54, 1.807) is 0 Å². The summed E-state index contributed by atoms with van der Waals surface area (Å²) >= 11 is 0. The van der Waals surface area contributed by atoms with E-state index in [0.29, 0.717) is 12.5 Å². The molecule has 120 valence electrons. The maximum atomic E-state index is 5.88. The van der Waals surface area contributed by atoms with Gasteiger partial charge in [-0.1, -0.05) is 18.2 Å². The number of likely N-dealkylation sites (N-methyl/N-ethyl adjacent to an activating group) is 1. The summed E-state index contributed by atoms with van der Waals surface area (Å²) in [6.07, 6.45) is 0. The molecule has 4 nitrogen and oxygen atoms in total. The molecule has 0 unspecified atom stereocenters. The highest BCUT2D eigenvalue weighted by molar-refractivity contribution is 14.0. The molecule has 5 heteroatoms. The van der Waals surface area contributed by atoms with Crippen molar-refractivity contribution >= 4 is 35.6 Å². The summed E-state index contributed by atoms with van der Waals surface area (Å²) in [6, 6.07) is 8.43. The highest BCUT2D eigenvalue weighted by Gasteiger charge is 2.10. The molecular weight excluding hydrogens is 375 g/mol. The number of para-hydroxylation sites is 1.